The SMILES string of the molecule is COC(=O)C(CCC(C)=O)c1ccc(Cl)c(Cl)c1. The highest BCUT2D eigenvalue weighted by Gasteiger charge is 2.22. The Morgan fingerprint density at radius 1 is 1.28 bits per heavy atom. The van der Waals surface area contributed by atoms with Crippen LogP contribution in [0.4, 0.5) is 0 Å². The van der Waals surface area contributed by atoms with Gasteiger partial charge in [-0.3, -0.25) is 4.79 Å². The van der Waals surface area contributed by atoms with Gasteiger partial charge in [-0.15, -0.1) is 0 Å². The summed E-state index contributed by atoms with van der Waals surface area (Å²) in [6, 6.07) is 4.98. The van der Waals surface area contributed by atoms with Crippen LogP contribution >= 0.6 is 23.2 Å². The summed E-state index contributed by atoms with van der Waals surface area (Å²) >= 11 is 11.7. The van der Waals surface area contributed by atoms with Gasteiger partial charge in [0, 0.05) is 6.42 Å². The molecule has 1 aromatic rings. The average Bonchev–Trinajstić information content (AvgIpc) is 2.33. The first-order valence-corrected chi connectivity index (χ1v) is 6.23. The molecule has 0 radical (unpaired) electrons. The normalized spacial score (nSPS) is 12.0. The van der Waals surface area contributed by atoms with Crippen molar-refractivity contribution in [3.8, 4) is 0 Å². The molecular weight excluding hydrogens is 275 g/mol. The number of ether oxygens (including phenoxy) is 1. The van der Waals surface area contributed by atoms with Crippen LogP contribution in [0, 0.1) is 0 Å². The van der Waals surface area contributed by atoms with E-state index in [1.165, 1.54) is 14.0 Å². The van der Waals surface area contributed by atoms with Crippen molar-refractivity contribution in [2.45, 2.75) is 25.7 Å². The van der Waals surface area contributed by atoms with E-state index in [2.05, 4.69) is 0 Å². The van der Waals surface area contributed by atoms with E-state index >= 15 is 0 Å². The predicted molar refractivity (Wildman–Crippen MR) is 71.1 cm³/mol. The summed E-state index contributed by atoms with van der Waals surface area (Å²) in [5.74, 6) is -0.840. The maximum absolute atomic E-state index is 11.7. The average molecular weight is 289 g/mol. The first-order valence-electron chi connectivity index (χ1n) is 5.48. The summed E-state index contributed by atoms with van der Waals surface area (Å²) in [4.78, 5) is 22.7. The van der Waals surface area contributed by atoms with Gasteiger partial charge < -0.3 is 9.53 Å². The van der Waals surface area contributed by atoms with Gasteiger partial charge in [0.25, 0.3) is 0 Å². The molecule has 1 unspecified atom stereocenters. The first-order chi connectivity index (χ1) is 8.45. The zero-order chi connectivity index (χ0) is 13.7. The Bertz CT molecular complexity index is 458. The Kier molecular flexibility index (Phi) is 5.63. The van der Waals surface area contributed by atoms with E-state index in [-0.39, 0.29) is 11.8 Å². The highest BCUT2D eigenvalue weighted by atomic mass is 35.5. The van der Waals surface area contributed by atoms with Crippen molar-refractivity contribution >= 4 is 35.0 Å². The van der Waals surface area contributed by atoms with Crippen molar-refractivity contribution in [3.05, 3.63) is 33.8 Å². The van der Waals surface area contributed by atoms with Gasteiger partial charge in [-0.1, -0.05) is 29.3 Å². The van der Waals surface area contributed by atoms with Gasteiger partial charge in [-0.25, -0.2) is 0 Å². The number of rotatable bonds is 5. The molecule has 0 heterocycles. The van der Waals surface area contributed by atoms with Crippen LogP contribution in [0.2, 0.25) is 10.0 Å². The quantitative estimate of drug-likeness (QED) is 0.777. The topological polar surface area (TPSA) is 43.4 Å². The zero-order valence-corrected chi connectivity index (χ0v) is 11.7. The number of hydrogen-bond acceptors (Lipinski definition) is 3. The fraction of sp³-hybridized carbons (Fsp3) is 0.385. The van der Waals surface area contributed by atoms with Crippen molar-refractivity contribution in [1.82, 2.24) is 0 Å². The number of esters is 1. The second kappa shape index (κ2) is 6.76. The predicted octanol–water partition coefficient (Wildman–Crippen LogP) is 3.62. The molecule has 0 aliphatic heterocycles. The van der Waals surface area contributed by atoms with E-state index in [0.29, 0.717) is 28.5 Å². The number of Topliss-reactive ketones (excluding diaryl/α,β-unsaturated/α-hetero) is 1. The molecule has 1 rings (SSSR count). The first kappa shape index (κ1) is 15.0. The van der Waals surface area contributed by atoms with Gasteiger partial charge in [-0.2, -0.15) is 0 Å². The molecule has 0 bridgehead atoms. The second-order valence-electron chi connectivity index (χ2n) is 3.99. The van der Waals surface area contributed by atoms with Crippen LogP contribution in [0.25, 0.3) is 0 Å². The van der Waals surface area contributed by atoms with Gasteiger partial charge in [0.1, 0.15) is 5.78 Å². The van der Waals surface area contributed by atoms with Crippen LogP contribution in [-0.4, -0.2) is 18.9 Å². The monoisotopic (exact) mass is 288 g/mol. The minimum atomic E-state index is -0.492. The van der Waals surface area contributed by atoms with E-state index in [1.807, 2.05) is 0 Å². The Morgan fingerprint density at radius 3 is 2.44 bits per heavy atom. The lowest BCUT2D eigenvalue weighted by Crippen LogP contribution is -2.15. The van der Waals surface area contributed by atoms with Crippen molar-refractivity contribution in [2.24, 2.45) is 0 Å². The molecule has 0 aliphatic carbocycles. The third-order valence-electron chi connectivity index (χ3n) is 2.62. The molecule has 18 heavy (non-hydrogen) atoms. The lowest BCUT2D eigenvalue weighted by molar-refractivity contribution is -0.142. The van der Waals surface area contributed by atoms with Crippen LogP contribution < -0.4 is 0 Å². The van der Waals surface area contributed by atoms with Gasteiger partial charge in [-0.05, 0) is 31.0 Å². The largest absolute Gasteiger partial charge is 0.469 e. The van der Waals surface area contributed by atoms with Crippen molar-refractivity contribution in [2.75, 3.05) is 7.11 Å². The summed E-state index contributed by atoms with van der Waals surface area (Å²) in [6.45, 7) is 1.49. The molecule has 0 spiro atoms. The number of ketones is 1. The van der Waals surface area contributed by atoms with Gasteiger partial charge >= 0.3 is 5.97 Å². The highest BCUT2D eigenvalue weighted by Crippen LogP contribution is 2.29. The summed E-state index contributed by atoms with van der Waals surface area (Å²) in [5.41, 5.74) is 0.706. The standard InChI is InChI=1S/C13H14Cl2O3/c1-8(16)3-5-10(13(17)18-2)9-4-6-11(14)12(15)7-9/h4,6-7,10H,3,5H2,1-2H3. The van der Waals surface area contributed by atoms with Gasteiger partial charge in [0.2, 0.25) is 0 Å². The lowest BCUT2D eigenvalue weighted by Gasteiger charge is -2.14. The van der Waals surface area contributed by atoms with Crippen molar-refractivity contribution in [3.63, 3.8) is 0 Å². The molecule has 0 amide bonds. The van der Waals surface area contributed by atoms with E-state index < -0.39 is 5.92 Å². The number of hydrogen-bond donors (Lipinski definition) is 0. The fourth-order valence-corrected chi connectivity index (χ4v) is 1.95. The Balaban J connectivity index is 2.97. The lowest BCUT2D eigenvalue weighted by atomic mass is 9.93. The molecule has 98 valence electrons. The minimum absolute atomic E-state index is 0.0314. The van der Waals surface area contributed by atoms with E-state index in [4.69, 9.17) is 27.9 Å². The number of carbonyl (C=O) groups excluding carboxylic acids is 2. The molecule has 0 aliphatic rings. The molecule has 0 saturated carbocycles. The van der Waals surface area contributed by atoms with Crippen LogP contribution in [0.1, 0.15) is 31.2 Å². The third-order valence-corrected chi connectivity index (χ3v) is 3.36. The molecule has 0 fully saturated rings. The van der Waals surface area contributed by atoms with Crippen LogP contribution in [0.15, 0.2) is 18.2 Å². The Morgan fingerprint density at radius 2 is 1.94 bits per heavy atom. The van der Waals surface area contributed by atoms with E-state index in [1.54, 1.807) is 18.2 Å². The van der Waals surface area contributed by atoms with Crippen LogP contribution in [-0.2, 0) is 14.3 Å². The summed E-state index contributed by atoms with van der Waals surface area (Å²) in [5, 5.41) is 0.807. The number of halogens is 2. The molecule has 5 heteroatoms. The minimum Gasteiger partial charge on any atom is -0.469 e. The van der Waals surface area contributed by atoms with Crippen molar-refractivity contribution in [1.29, 1.82) is 0 Å². The number of carbonyl (C=O) groups is 2. The molecule has 1 atom stereocenters. The number of benzene rings is 1. The second-order valence-corrected chi connectivity index (χ2v) is 4.80. The maximum Gasteiger partial charge on any atom is 0.313 e. The Labute approximate surface area is 116 Å². The summed E-state index contributed by atoms with van der Waals surface area (Å²) in [6.07, 6.45) is 0.722. The Hall–Kier alpha value is -1.06. The maximum atomic E-state index is 11.7. The molecule has 0 N–H and O–H groups in total. The summed E-state index contributed by atoms with van der Waals surface area (Å²) < 4.78 is 4.74. The van der Waals surface area contributed by atoms with E-state index in [9.17, 15) is 9.59 Å². The fourth-order valence-electron chi connectivity index (χ4n) is 1.64. The third kappa shape index (κ3) is 4.00. The molecule has 0 saturated heterocycles. The van der Waals surface area contributed by atoms with Crippen molar-refractivity contribution < 1.29 is 14.3 Å². The number of methoxy groups -OCH3 is 1. The van der Waals surface area contributed by atoms with Gasteiger partial charge in [0.15, 0.2) is 0 Å². The zero-order valence-electron chi connectivity index (χ0n) is 10.2. The van der Waals surface area contributed by atoms with Crippen LogP contribution in [0.3, 0.4) is 0 Å². The molecule has 3 nitrogen and oxygen atoms in total. The molecular formula is C13H14Cl2O3. The summed E-state index contributed by atoms with van der Waals surface area (Å²) in [7, 11) is 1.32. The highest BCUT2D eigenvalue weighted by molar-refractivity contribution is 6.42. The molecule has 0 aromatic heterocycles. The smallest absolute Gasteiger partial charge is 0.313 e. The van der Waals surface area contributed by atoms with Crippen LogP contribution in [0.5, 0.6) is 0 Å². The van der Waals surface area contributed by atoms with Gasteiger partial charge in [0.05, 0.1) is 23.1 Å². The van der Waals surface area contributed by atoms with E-state index in [0.717, 1.165) is 0 Å². The molecule has 1 aromatic carbocycles.